The van der Waals surface area contributed by atoms with Gasteiger partial charge >= 0.3 is 0 Å². The fourth-order valence-electron chi connectivity index (χ4n) is 1.68. The van der Waals surface area contributed by atoms with Crippen LogP contribution in [0.4, 0.5) is 0 Å². The van der Waals surface area contributed by atoms with Crippen LogP contribution in [0.3, 0.4) is 0 Å². The number of fused-ring (bicyclic) bond motifs is 1. The van der Waals surface area contributed by atoms with E-state index in [0.717, 1.165) is 6.29 Å². The molecule has 0 N–H and O–H groups in total. The Bertz CT molecular complexity index is 792. The molecule has 1 aromatic carbocycles. The summed E-state index contributed by atoms with van der Waals surface area (Å²) in [5, 5.41) is 0.343. The first-order valence-corrected chi connectivity index (χ1v) is 6.14. The van der Waals surface area contributed by atoms with Gasteiger partial charge in [0.15, 0.2) is 5.65 Å². The standard InChI is InChI=1S/C14H8ClN3O2/c15-10-7-9(8-19)1-3-12(10)20-13-4-2-11-14(18-13)17-6-5-16-11/h1-8H. The van der Waals surface area contributed by atoms with Crippen molar-refractivity contribution < 1.29 is 9.53 Å². The topological polar surface area (TPSA) is 65.0 Å². The van der Waals surface area contributed by atoms with Crippen molar-refractivity contribution in [3.8, 4) is 11.6 Å². The number of hydrogen-bond donors (Lipinski definition) is 0. The average molecular weight is 286 g/mol. The minimum atomic E-state index is 0.343. The van der Waals surface area contributed by atoms with Crippen molar-refractivity contribution in [1.29, 1.82) is 0 Å². The molecule has 0 radical (unpaired) electrons. The molecule has 0 spiro atoms. The Labute approximate surface area is 119 Å². The van der Waals surface area contributed by atoms with Crippen LogP contribution in [0.2, 0.25) is 5.02 Å². The second-order valence-electron chi connectivity index (χ2n) is 3.96. The van der Waals surface area contributed by atoms with Gasteiger partial charge in [0.25, 0.3) is 0 Å². The van der Waals surface area contributed by atoms with Crippen LogP contribution in [0.1, 0.15) is 10.4 Å². The van der Waals surface area contributed by atoms with E-state index in [0.29, 0.717) is 33.4 Å². The van der Waals surface area contributed by atoms with Crippen molar-refractivity contribution >= 4 is 29.1 Å². The van der Waals surface area contributed by atoms with Gasteiger partial charge in [-0.15, -0.1) is 0 Å². The Morgan fingerprint density at radius 2 is 1.95 bits per heavy atom. The molecule has 0 atom stereocenters. The van der Waals surface area contributed by atoms with Gasteiger partial charge in [0.2, 0.25) is 5.88 Å². The monoisotopic (exact) mass is 285 g/mol. The molecule has 3 aromatic rings. The molecular formula is C14H8ClN3O2. The lowest BCUT2D eigenvalue weighted by molar-refractivity contribution is 0.112. The summed E-state index contributed by atoms with van der Waals surface area (Å²) in [7, 11) is 0. The van der Waals surface area contributed by atoms with E-state index in [1.165, 1.54) is 6.07 Å². The van der Waals surface area contributed by atoms with Gasteiger partial charge in [-0.2, -0.15) is 4.98 Å². The maximum Gasteiger partial charge on any atom is 0.221 e. The third-order valence-electron chi connectivity index (χ3n) is 2.61. The van der Waals surface area contributed by atoms with Crippen LogP contribution in [0, 0.1) is 0 Å². The number of nitrogens with zero attached hydrogens (tertiary/aromatic N) is 3. The molecule has 0 amide bonds. The minimum Gasteiger partial charge on any atom is -0.437 e. The third-order valence-corrected chi connectivity index (χ3v) is 2.91. The lowest BCUT2D eigenvalue weighted by Crippen LogP contribution is -1.92. The zero-order chi connectivity index (χ0) is 13.9. The summed E-state index contributed by atoms with van der Waals surface area (Å²) in [5.74, 6) is 0.784. The first-order valence-electron chi connectivity index (χ1n) is 5.76. The lowest BCUT2D eigenvalue weighted by Gasteiger charge is -2.07. The zero-order valence-corrected chi connectivity index (χ0v) is 10.9. The minimum absolute atomic E-state index is 0.343. The largest absolute Gasteiger partial charge is 0.437 e. The number of carbonyl (C=O) groups is 1. The normalized spacial score (nSPS) is 10.4. The van der Waals surface area contributed by atoms with Gasteiger partial charge in [0, 0.05) is 24.0 Å². The Hall–Kier alpha value is -2.53. The van der Waals surface area contributed by atoms with Crippen LogP contribution in [0.15, 0.2) is 42.7 Å². The zero-order valence-electron chi connectivity index (χ0n) is 10.2. The molecule has 6 heteroatoms. The molecule has 3 rings (SSSR count). The third kappa shape index (κ3) is 2.44. The summed E-state index contributed by atoms with van der Waals surface area (Å²) < 4.78 is 5.59. The number of hydrogen-bond acceptors (Lipinski definition) is 5. The van der Waals surface area contributed by atoms with Gasteiger partial charge < -0.3 is 4.74 Å². The van der Waals surface area contributed by atoms with Crippen LogP contribution in [0.25, 0.3) is 11.2 Å². The van der Waals surface area contributed by atoms with Crippen molar-refractivity contribution in [3.05, 3.63) is 53.3 Å². The number of carbonyl (C=O) groups excluding carboxylic acids is 1. The van der Waals surface area contributed by atoms with Crippen LogP contribution >= 0.6 is 11.6 Å². The quantitative estimate of drug-likeness (QED) is 0.691. The second kappa shape index (κ2) is 5.22. The van der Waals surface area contributed by atoms with Crippen molar-refractivity contribution in [2.24, 2.45) is 0 Å². The van der Waals surface area contributed by atoms with Gasteiger partial charge in [-0.05, 0) is 24.3 Å². The molecule has 0 fully saturated rings. The summed E-state index contributed by atoms with van der Waals surface area (Å²) in [4.78, 5) is 23.1. The molecule has 5 nitrogen and oxygen atoms in total. The Balaban J connectivity index is 1.94. The average Bonchev–Trinajstić information content (AvgIpc) is 2.49. The molecule has 0 saturated heterocycles. The number of aldehydes is 1. The summed E-state index contributed by atoms with van der Waals surface area (Å²) in [5.41, 5.74) is 1.66. The predicted octanol–water partition coefficient (Wildman–Crippen LogP) is 3.28. The summed E-state index contributed by atoms with van der Waals surface area (Å²) in [6.07, 6.45) is 3.88. The maximum absolute atomic E-state index is 10.6. The molecule has 0 bridgehead atoms. The number of rotatable bonds is 3. The van der Waals surface area contributed by atoms with E-state index >= 15 is 0 Å². The molecule has 2 heterocycles. The smallest absolute Gasteiger partial charge is 0.221 e. The van der Waals surface area contributed by atoms with E-state index in [1.54, 1.807) is 36.7 Å². The fraction of sp³-hybridized carbons (Fsp3) is 0. The number of halogens is 1. The van der Waals surface area contributed by atoms with E-state index in [9.17, 15) is 4.79 Å². The van der Waals surface area contributed by atoms with Gasteiger partial charge in [0.1, 0.15) is 17.6 Å². The van der Waals surface area contributed by atoms with E-state index in [-0.39, 0.29) is 0 Å². The molecule has 0 aliphatic carbocycles. The molecule has 20 heavy (non-hydrogen) atoms. The predicted molar refractivity (Wildman–Crippen MR) is 74.2 cm³/mol. The maximum atomic E-state index is 10.6. The summed E-state index contributed by atoms with van der Waals surface area (Å²) in [6.45, 7) is 0. The van der Waals surface area contributed by atoms with Crippen LogP contribution < -0.4 is 4.74 Å². The number of benzene rings is 1. The molecule has 0 saturated carbocycles. The SMILES string of the molecule is O=Cc1ccc(Oc2ccc3nccnc3n2)c(Cl)c1. The Morgan fingerprint density at radius 3 is 2.75 bits per heavy atom. The molecule has 0 aliphatic rings. The van der Waals surface area contributed by atoms with Gasteiger partial charge in [-0.25, -0.2) is 4.98 Å². The molecule has 2 aromatic heterocycles. The van der Waals surface area contributed by atoms with Crippen LogP contribution in [-0.4, -0.2) is 21.2 Å². The number of ether oxygens (including phenoxy) is 1. The molecule has 0 aliphatic heterocycles. The lowest BCUT2D eigenvalue weighted by atomic mass is 10.2. The molecule has 98 valence electrons. The van der Waals surface area contributed by atoms with E-state index < -0.39 is 0 Å². The highest BCUT2D eigenvalue weighted by molar-refractivity contribution is 6.32. The van der Waals surface area contributed by atoms with E-state index in [1.807, 2.05) is 0 Å². The van der Waals surface area contributed by atoms with E-state index in [2.05, 4.69) is 15.0 Å². The highest BCUT2D eigenvalue weighted by Crippen LogP contribution is 2.29. The Morgan fingerprint density at radius 1 is 1.10 bits per heavy atom. The van der Waals surface area contributed by atoms with Gasteiger partial charge in [-0.1, -0.05) is 11.6 Å². The highest BCUT2D eigenvalue weighted by Gasteiger charge is 2.06. The van der Waals surface area contributed by atoms with Crippen LogP contribution in [0.5, 0.6) is 11.6 Å². The summed E-state index contributed by atoms with van der Waals surface area (Å²) >= 11 is 6.04. The highest BCUT2D eigenvalue weighted by atomic mass is 35.5. The summed E-state index contributed by atoms with van der Waals surface area (Å²) in [6, 6.07) is 8.22. The Kier molecular flexibility index (Phi) is 3.26. The van der Waals surface area contributed by atoms with Crippen LogP contribution in [-0.2, 0) is 0 Å². The fourth-order valence-corrected chi connectivity index (χ4v) is 1.91. The first kappa shape index (κ1) is 12.5. The van der Waals surface area contributed by atoms with Crippen molar-refractivity contribution in [1.82, 2.24) is 15.0 Å². The van der Waals surface area contributed by atoms with Gasteiger partial charge in [0.05, 0.1) is 5.02 Å². The molecular weight excluding hydrogens is 278 g/mol. The van der Waals surface area contributed by atoms with Crippen molar-refractivity contribution in [2.75, 3.05) is 0 Å². The second-order valence-corrected chi connectivity index (χ2v) is 4.37. The van der Waals surface area contributed by atoms with Gasteiger partial charge in [-0.3, -0.25) is 9.78 Å². The van der Waals surface area contributed by atoms with E-state index in [4.69, 9.17) is 16.3 Å². The first-order chi connectivity index (χ1) is 9.76. The van der Waals surface area contributed by atoms with Crippen molar-refractivity contribution in [2.45, 2.75) is 0 Å². The number of pyridine rings is 1. The van der Waals surface area contributed by atoms with Crippen molar-refractivity contribution in [3.63, 3.8) is 0 Å². The number of aromatic nitrogens is 3. The molecule has 0 unspecified atom stereocenters.